The van der Waals surface area contributed by atoms with E-state index in [9.17, 15) is 0 Å². The highest BCUT2D eigenvalue weighted by Gasteiger charge is 2.22. The maximum Gasteiger partial charge on any atom is 0.238 e. The molecule has 14 aromatic carbocycles. The first-order valence-electron chi connectivity index (χ1n) is 30.3. The van der Waals surface area contributed by atoms with Gasteiger partial charge in [0.05, 0.1) is 33.1 Å². The molecule has 0 fully saturated rings. The molecule has 0 N–H and O–H groups in total. The van der Waals surface area contributed by atoms with Crippen LogP contribution < -0.4 is 0 Å². The smallest absolute Gasteiger partial charge is 0.238 e. The molecule has 0 aliphatic heterocycles. The van der Waals surface area contributed by atoms with Gasteiger partial charge in [-0.3, -0.25) is 4.57 Å². The summed E-state index contributed by atoms with van der Waals surface area (Å²) in [7, 11) is 0. The fourth-order valence-corrected chi connectivity index (χ4v) is 13.7. The van der Waals surface area contributed by atoms with Crippen molar-refractivity contribution in [3.8, 4) is 84.6 Å². The molecule has 6 heteroatoms. The molecule has 0 amide bonds. The van der Waals surface area contributed by atoms with Crippen LogP contribution in [0.15, 0.2) is 315 Å². The number of hydrogen-bond donors (Lipinski definition) is 0. The van der Waals surface area contributed by atoms with Crippen molar-refractivity contribution in [3.63, 3.8) is 0 Å². The highest BCUT2D eigenvalue weighted by atomic mass is 15.2. The number of benzene rings is 14. The van der Waals surface area contributed by atoms with E-state index in [4.69, 9.17) is 15.0 Å². The van der Waals surface area contributed by atoms with Crippen molar-refractivity contribution < 1.29 is 0 Å². The summed E-state index contributed by atoms with van der Waals surface area (Å²) in [6.07, 6.45) is 0. The molecule has 89 heavy (non-hydrogen) atoms. The maximum atomic E-state index is 5.46. The van der Waals surface area contributed by atoms with Gasteiger partial charge in [-0.2, -0.15) is 9.97 Å². The first-order chi connectivity index (χ1) is 44.1. The van der Waals surface area contributed by atoms with E-state index in [-0.39, 0.29) is 0 Å². The van der Waals surface area contributed by atoms with Crippen molar-refractivity contribution in [1.82, 2.24) is 28.7 Å². The molecule has 18 rings (SSSR count). The third-order valence-corrected chi connectivity index (χ3v) is 18.1. The van der Waals surface area contributed by atoms with E-state index in [1.54, 1.807) is 0 Å². The number of fused-ring (bicyclic) bond motifs is 11. The number of nitrogens with zero attached hydrogens (tertiary/aromatic N) is 6. The molecule has 18 aromatic rings. The summed E-state index contributed by atoms with van der Waals surface area (Å²) >= 11 is 0. The normalized spacial score (nSPS) is 11.8. The van der Waals surface area contributed by atoms with E-state index in [0.717, 1.165) is 99.1 Å². The molecule has 6 nitrogen and oxygen atoms in total. The zero-order chi connectivity index (χ0) is 58.5. The Bertz CT molecular complexity index is 5480. The lowest BCUT2D eigenvalue weighted by Crippen LogP contribution is -2.06. The van der Waals surface area contributed by atoms with Crippen molar-refractivity contribution in [2.75, 3.05) is 0 Å². The van der Waals surface area contributed by atoms with Gasteiger partial charge < -0.3 is 9.13 Å². The van der Waals surface area contributed by atoms with E-state index >= 15 is 0 Å². The Morgan fingerprint density at radius 2 is 0.483 bits per heavy atom. The van der Waals surface area contributed by atoms with Gasteiger partial charge in [0, 0.05) is 54.8 Å². The lowest BCUT2D eigenvalue weighted by Gasteiger charge is -2.12. The molecule has 0 radical (unpaired) electrons. The molecule has 0 atom stereocenters. The summed E-state index contributed by atoms with van der Waals surface area (Å²) in [5.74, 6) is 1.75. The number of para-hydroxylation sites is 2. The van der Waals surface area contributed by atoms with Crippen LogP contribution in [0.25, 0.3) is 172 Å². The molecule has 4 aromatic heterocycles. The van der Waals surface area contributed by atoms with Gasteiger partial charge in [-0.05, 0) is 163 Å². The van der Waals surface area contributed by atoms with Crippen LogP contribution in [0, 0.1) is 0 Å². The van der Waals surface area contributed by atoms with Crippen LogP contribution in [-0.2, 0) is 0 Å². The summed E-state index contributed by atoms with van der Waals surface area (Å²) < 4.78 is 7.04. The lowest BCUT2D eigenvalue weighted by atomic mass is 9.98. The summed E-state index contributed by atoms with van der Waals surface area (Å²) in [5, 5.41) is 11.6. The Morgan fingerprint density at radius 3 is 0.899 bits per heavy atom. The monoisotopic (exact) mass is 1130 g/mol. The van der Waals surface area contributed by atoms with Crippen molar-refractivity contribution in [2.24, 2.45) is 0 Å². The first kappa shape index (κ1) is 50.3. The number of rotatable bonds is 9. The van der Waals surface area contributed by atoms with Crippen LogP contribution >= 0.6 is 0 Å². The lowest BCUT2D eigenvalue weighted by molar-refractivity contribution is 0.954. The second-order valence-corrected chi connectivity index (χ2v) is 23.2. The minimum atomic E-state index is 0.545. The molecule has 0 unspecified atom stereocenters. The molecule has 0 spiro atoms. The first-order valence-corrected chi connectivity index (χ1v) is 30.3. The van der Waals surface area contributed by atoms with Crippen LogP contribution in [0.4, 0.5) is 0 Å². The van der Waals surface area contributed by atoms with Gasteiger partial charge in [0.15, 0.2) is 11.6 Å². The standard InChI is InChI=1S/C83H52N6/c1-3-15-53(16-4-1)57-31-39-67(40-32-57)87-75-25-13-11-23-69(75)71-49-61(35-43-77(71)87)63-37-45-79-73(51-63)74-52-64(62-36-44-78-72(50-62)70-24-12-14-26-76(70)88(78)68-41-33-58(34-42-68)54-17-5-2-6-18-54)38-46-80(74)89(79)83-85-81(65-29-27-55-19-7-9-21-59(55)47-65)84-82(86-83)66-30-28-56-20-8-10-22-60(56)48-66/h1-52H. The van der Waals surface area contributed by atoms with Gasteiger partial charge in [0.2, 0.25) is 5.95 Å². The molecule has 0 saturated carbocycles. The van der Waals surface area contributed by atoms with E-state index in [2.05, 4.69) is 329 Å². The average Bonchev–Trinajstić information content (AvgIpc) is 1.70. The Labute approximate surface area is 512 Å². The van der Waals surface area contributed by atoms with Gasteiger partial charge in [0.25, 0.3) is 0 Å². The Morgan fingerprint density at radius 1 is 0.180 bits per heavy atom. The highest BCUT2D eigenvalue weighted by Crippen LogP contribution is 2.42. The van der Waals surface area contributed by atoms with Gasteiger partial charge in [0.1, 0.15) is 0 Å². The van der Waals surface area contributed by atoms with E-state index < -0.39 is 0 Å². The Kier molecular flexibility index (Phi) is 11.5. The average molecular weight is 1130 g/mol. The third kappa shape index (κ3) is 8.45. The van der Waals surface area contributed by atoms with Crippen LogP contribution in [-0.4, -0.2) is 28.7 Å². The van der Waals surface area contributed by atoms with Crippen molar-refractivity contribution in [1.29, 1.82) is 0 Å². The summed E-state index contributed by atoms with van der Waals surface area (Å²) in [4.78, 5) is 16.2. The predicted octanol–water partition coefficient (Wildman–Crippen LogP) is 21.5. The molecule has 0 aliphatic rings. The Balaban J connectivity index is 0.823. The second-order valence-electron chi connectivity index (χ2n) is 23.2. The van der Waals surface area contributed by atoms with Crippen LogP contribution in [0.1, 0.15) is 0 Å². The molecule has 0 bridgehead atoms. The minimum absolute atomic E-state index is 0.545. The number of hydrogen-bond acceptors (Lipinski definition) is 3. The van der Waals surface area contributed by atoms with Gasteiger partial charge >= 0.3 is 0 Å². The molecular weight excluding hydrogens is 1080 g/mol. The number of aromatic nitrogens is 6. The van der Waals surface area contributed by atoms with Crippen LogP contribution in [0.5, 0.6) is 0 Å². The largest absolute Gasteiger partial charge is 0.309 e. The molecule has 414 valence electrons. The fourth-order valence-electron chi connectivity index (χ4n) is 13.7. The topological polar surface area (TPSA) is 53.5 Å². The highest BCUT2D eigenvalue weighted by molar-refractivity contribution is 6.15. The van der Waals surface area contributed by atoms with Gasteiger partial charge in [-0.25, -0.2) is 4.98 Å². The van der Waals surface area contributed by atoms with Gasteiger partial charge in [-0.15, -0.1) is 0 Å². The molecule has 0 saturated heterocycles. The molecule has 4 heterocycles. The van der Waals surface area contributed by atoms with Crippen molar-refractivity contribution in [3.05, 3.63) is 315 Å². The predicted molar refractivity (Wildman–Crippen MR) is 370 cm³/mol. The van der Waals surface area contributed by atoms with Crippen LogP contribution in [0.3, 0.4) is 0 Å². The summed E-state index contributed by atoms with van der Waals surface area (Å²) in [6.45, 7) is 0. The van der Waals surface area contributed by atoms with E-state index in [0.29, 0.717) is 17.6 Å². The summed E-state index contributed by atoms with van der Waals surface area (Å²) in [5.41, 5.74) is 20.0. The SMILES string of the molecule is c1ccc(-c2ccc(-n3c4ccccc4c4cc(-c5ccc6c(c5)c5cc(-c7ccc8c(c7)c7ccccc7n8-c7ccc(-c8ccccc8)cc7)ccc5n6-c5nc(-c6ccc7ccccc7c6)nc(-c6ccc7ccccc7c6)n5)ccc43)cc2)cc1. The maximum absolute atomic E-state index is 5.46. The van der Waals surface area contributed by atoms with E-state index in [1.807, 2.05) is 0 Å². The zero-order valence-electron chi connectivity index (χ0n) is 48.2. The Hall–Kier alpha value is -12.0. The fraction of sp³-hybridized carbons (Fsp3) is 0. The summed E-state index contributed by atoms with van der Waals surface area (Å²) in [6, 6.07) is 114. The molecule has 0 aliphatic carbocycles. The van der Waals surface area contributed by atoms with Crippen molar-refractivity contribution in [2.45, 2.75) is 0 Å². The van der Waals surface area contributed by atoms with Crippen LogP contribution in [0.2, 0.25) is 0 Å². The molecular formula is C83H52N6. The van der Waals surface area contributed by atoms with E-state index in [1.165, 1.54) is 54.8 Å². The van der Waals surface area contributed by atoms with Gasteiger partial charge in [-0.1, -0.05) is 218 Å². The quantitative estimate of drug-likeness (QED) is 0.145. The second kappa shape index (κ2) is 20.3. The third-order valence-electron chi connectivity index (χ3n) is 18.1. The minimum Gasteiger partial charge on any atom is -0.309 e. The van der Waals surface area contributed by atoms with Crippen molar-refractivity contribution >= 4 is 87.0 Å². The zero-order valence-corrected chi connectivity index (χ0v) is 48.2.